The van der Waals surface area contributed by atoms with Gasteiger partial charge in [-0.1, -0.05) is 17.7 Å². The number of benzene rings is 1. The summed E-state index contributed by atoms with van der Waals surface area (Å²) in [6.45, 7) is 1.97. The monoisotopic (exact) mass is 248 g/mol. The summed E-state index contributed by atoms with van der Waals surface area (Å²) in [5.41, 5.74) is 1.17. The van der Waals surface area contributed by atoms with Gasteiger partial charge in [0.25, 0.3) is 0 Å². The van der Waals surface area contributed by atoms with Crippen molar-refractivity contribution in [1.82, 2.24) is 0 Å². The third-order valence-corrected chi connectivity index (χ3v) is 3.05. The van der Waals surface area contributed by atoms with Crippen molar-refractivity contribution in [3.05, 3.63) is 29.8 Å². The van der Waals surface area contributed by atoms with Crippen LogP contribution in [-0.2, 0) is 14.6 Å². The van der Waals surface area contributed by atoms with Crippen molar-refractivity contribution in [2.45, 2.75) is 11.8 Å². The highest BCUT2D eigenvalue weighted by molar-refractivity contribution is 7.99. The molecular formula is C9H12O4S2. The Labute approximate surface area is 93.6 Å². The van der Waals surface area contributed by atoms with Gasteiger partial charge in [0.05, 0.1) is 6.61 Å². The second-order valence-electron chi connectivity index (χ2n) is 2.91. The molecule has 0 aromatic heterocycles. The van der Waals surface area contributed by atoms with Gasteiger partial charge in [0.15, 0.2) is 0 Å². The van der Waals surface area contributed by atoms with Crippen LogP contribution in [0.1, 0.15) is 5.56 Å². The van der Waals surface area contributed by atoms with E-state index in [1.54, 1.807) is 0 Å². The molecule has 0 bridgehead atoms. The third kappa shape index (κ3) is 5.78. The summed E-state index contributed by atoms with van der Waals surface area (Å²) in [7, 11) is -4.30. The van der Waals surface area contributed by atoms with Gasteiger partial charge in [-0.15, -0.1) is 11.8 Å². The quantitative estimate of drug-likeness (QED) is 0.490. The molecule has 0 amide bonds. The molecule has 0 saturated carbocycles. The van der Waals surface area contributed by atoms with Crippen molar-refractivity contribution in [2.24, 2.45) is 0 Å². The number of hydrogen-bond donors (Lipinski definition) is 1. The lowest BCUT2D eigenvalue weighted by Crippen LogP contribution is -2.06. The number of thioether (sulfide) groups is 1. The van der Waals surface area contributed by atoms with Gasteiger partial charge in [-0.25, -0.2) is 4.18 Å². The summed E-state index contributed by atoms with van der Waals surface area (Å²) in [5.74, 6) is 0.475. The van der Waals surface area contributed by atoms with Gasteiger partial charge >= 0.3 is 10.4 Å². The average molecular weight is 248 g/mol. The van der Waals surface area contributed by atoms with Crippen LogP contribution < -0.4 is 0 Å². The van der Waals surface area contributed by atoms with Crippen molar-refractivity contribution in [3.63, 3.8) is 0 Å². The van der Waals surface area contributed by atoms with E-state index in [0.29, 0.717) is 5.75 Å². The fraction of sp³-hybridized carbons (Fsp3) is 0.333. The minimum Gasteiger partial charge on any atom is -0.264 e. The SMILES string of the molecule is Cc1ccc(SCCOS(=O)(=O)O)cc1. The van der Waals surface area contributed by atoms with Crippen molar-refractivity contribution in [1.29, 1.82) is 0 Å². The number of hydrogen-bond acceptors (Lipinski definition) is 4. The summed E-state index contributed by atoms with van der Waals surface area (Å²) < 4.78 is 32.9. The van der Waals surface area contributed by atoms with Crippen LogP contribution in [0.4, 0.5) is 0 Å². The van der Waals surface area contributed by atoms with Gasteiger partial charge in [-0.3, -0.25) is 4.55 Å². The highest BCUT2D eigenvalue weighted by atomic mass is 32.3. The molecule has 0 aliphatic rings. The van der Waals surface area contributed by atoms with Crippen LogP contribution in [0.15, 0.2) is 29.2 Å². The highest BCUT2D eigenvalue weighted by Crippen LogP contribution is 2.17. The molecule has 0 radical (unpaired) electrons. The molecule has 0 heterocycles. The molecule has 0 aliphatic heterocycles. The lowest BCUT2D eigenvalue weighted by Gasteiger charge is -2.01. The molecule has 0 unspecified atom stereocenters. The predicted molar refractivity (Wildman–Crippen MR) is 59.4 cm³/mol. The van der Waals surface area contributed by atoms with Gasteiger partial charge < -0.3 is 0 Å². The van der Waals surface area contributed by atoms with Gasteiger partial charge in [-0.2, -0.15) is 8.42 Å². The Hall–Kier alpha value is -0.560. The molecule has 0 saturated heterocycles. The molecule has 1 aromatic rings. The molecule has 15 heavy (non-hydrogen) atoms. The normalized spacial score (nSPS) is 11.6. The van der Waals surface area contributed by atoms with Crippen LogP contribution in [0.3, 0.4) is 0 Å². The highest BCUT2D eigenvalue weighted by Gasteiger charge is 2.03. The van der Waals surface area contributed by atoms with Gasteiger partial charge in [0.2, 0.25) is 0 Å². The van der Waals surface area contributed by atoms with Crippen molar-refractivity contribution in [2.75, 3.05) is 12.4 Å². The van der Waals surface area contributed by atoms with E-state index in [-0.39, 0.29) is 6.61 Å². The first-order valence-electron chi connectivity index (χ1n) is 4.29. The third-order valence-electron chi connectivity index (χ3n) is 1.61. The van der Waals surface area contributed by atoms with Crippen molar-refractivity contribution in [3.8, 4) is 0 Å². The number of aryl methyl sites for hydroxylation is 1. The van der Waals surface area contributed by atoms with Crippen molar-refractivity contribution < 1.29 is 17.2 Å². The summed E-state index contributed by atoms with van der Waals surface area (Å²) in [5, 5.41) is 0. The second kappa shape index (κ2) is 5.50. The van der Waals surface area contributed by atoms with E-state index in [0.717, 1.165) is 4.90 Å². The molecular weight excluding hydrogens is 236 g/mol. The molecule has 6 heteroatoms. The van der Waals surface area contributed by atoms with E-state index in [1.807, 2.05) is 31.2 Å². The van der Waals surface area contributed by atoms with E-state index in [2.05, 4.69) is 4.18 Å². The van der Waals surface area contributed by atoms with Crippen LogP contribution in [0.25, 0.3) is 0 Å². The maximum Gasteiger partial charge on any atom is 0.397 e. The smallest absolute Gasteiger partial charge is 0.264 e. The molecule has 1 rings (SSSR count). The first-order valence-corrected chi connectivity index (χ1v) is 6.64. The Kier molecular flexibility index (Phi) is 4.59. The minimum atomic E-state index is -4.30. The largest absolute Gasteiger partial charge is 0.397 e. The van der Waals surface area contributed by atoms with E-state index in [4.69, 9.17) is 4.55 Å². The molecule has 4 nitrogen and oxygen atoms in total. The topological polar surface area (TPSA) is 63.6 Å². The van der Waals surface area contributed by atoms with Gasteiger partial charge in [0.1, 0.15) is 0 Å². The molecule has 0 aliphatic carbocycles. The molecule has 0 atom stereocenters. The Morgan fingerprint density at radius 3 is 2.47 bits per heavy atom. The zero-order valence-electron chi connectivity index (χ0n) is 8.21. The first-order chi connectivity index (χ1) is 6.97. The lowest BCUT2D eigenvalue weighted by molar-refractivity contribution is 0.285. The minimum absolute atomic E-state index is 0.0304. The number of rotatable bonds is 5. The van der Waals surface area contributed by atoms with E-state index >= 15 is 0 Å². The molecule has 0 fully saturated rings. The second-order valence-corrected chi connectivity index (χ2v) is 5.17. The Morgan fingerprint density at radius 2 is 1.93 bits per heavy atom. The van der Waals surface area contributed by atoms with Crippen LogP contribution in [-0.4, -0.2) is 25.3 Å². The van der Waals surface area contributed by atoms with E-state index in [1.165, 1.54) is 17.3 Å². The zero-order chi connectivity index (χ0) is 11.3. The predicted octanol–water partition coefficient (Wildman–Crippen LogP) is 1.91. The Balaban J connectivity index is 2.29. The van der Waals surface area contributed by atoms with Crippen molar-refractivity contribution >= 4 is 22.2 Å². The lowest BCUT2D eigenvalue weighted by atomic mass is 10.2. The first kappa shape index (κ1) is 12.5. The Bertz CT molecular complexity index is 397. The Morgan fingerprint density at radius 1 is 1.33 bits per heavy atom. The molecule has 1 N–H and O–H groups in total. The maximum atomic E-state index is 10.2. The molecule has 1 aromatic carbocycles. The summed E-state index contributed by atoms with van der Waals surface area (Å²) >= 11 is 1.47. The van der Waals surface area contributed by atoms with E-state index < -0.39 is 10.4 Å². The van der Waals surface area contributed by atoms with Gasteiger partial charge in [0, 0.05) is 10.6 Å². The molecule has 84 valence electrons. The fourth-order valence-corrected chi connectivity index (χ4v) is 2.06. The average Bonchev–Trinajstić information content (AvgIpc) is 2.14. The standard InChI is InChI=1S/C9H12O4S2/c1-8-2-4-9(5-3-8)14-7-6-13-15(10,11)12/h2-5H,6-7H2,1H3,(H,10,11,12). The van der Waals surface area contributed by atoms with Gasteiger partial charge in [-0.05, 0) is 19.1 Å². The maximum absolute atomic E-state index is 10.2. The van der Waals surface area contributed by atoms with Crippen LogP contribution in [0, 0.1) is 6.92 Å². The van der Waals surface area contributed by atoms with Crippen LogP contribution in [0.2, 0.25) is 0 Å². The summed E-state index contributed by atoms with van der Waals surface area (Å²) in [6, 6.07) is 7.86. The fourth-order valence-electron chi connectivity index (χ4n) is 0.933. The van der Waals surface area contributed by atoms with E-state index in [9.17, 15) is 8.42 Å². The van der Waals surface area contributed by atoms with Crippen LogP contribution in [0.5, 0.6) is 0 Å². The molecule has 0 spiro atoms. The summed E-state index contributed by atoms with van der Waals surface area (Å²) in [6.07, 6.45) is 0. The summed E-state index contributed by atoms with van der Waals surface area (Å²) in [4.78, 5) is 1.04. The van der Waals surface area contributed by atoms with Crippen LogP contribution >= 0.6 is 11.8 Å². The zero-order valence-corrected chi connectivity index (χ0v) is 9.85.